The Bertz CT molecular complexity index is 1510. The molecule has 1 unspecified atom stereocenters. The topological polar surface area (TPSA) is 125 Å². The highest BCUT2D eigenvalue weighted by Crippen LogP contribution is 2.52. The molecular formula is C25H17N3O5S2. The Kier molecular flexibility index (Phi) is 5.77. The van der Waals surface area contributed by atoms with Crippen LogP contribution in [0, 0.1) is 23.2 Å². The van der Waals surface area contributed by atoms with Crippen molar-refractivity contribution in [3.05, 3.63) is 69.2 Å². The molecule has 0 bridgehead atoms. The van der Waals surface area contributed by atoms with Crippen LogP contribution in [0.2, 0.25) is 0 Å². The van der Waals surface area contributed by atoms with Gasteiger partial charge in [-0.05, 0) is 49.3 Å². The SMILES string of the molecule is CC(OC(=O)Nc1c(C#N)noc1C#Cc1cc2sc(C3(C(=O)O)CC3)cc2s1)c1ccccc1. The maximum Gasteiger partial charge on any atom is 0.412 e. The molecule has 4 aromatic rings. The smallest absolute Gasteiger partial charge is 0.412 e. The van der Waals surface area contributed by atoms with Crippen molar-refractivity contribution < 1.29 is 24.0 Å². The highest BCUT2D eigenvalue weighted by Gasteiger charge is 2.53. The summed E-state index contributed by atoms with van der Waals surface area (Å²) in [7, 11) is 0. The first kappa shape index (κ1) is 22.7. The van der Waals surface area contributed by atoms with E-state index in [0.717, 1.165) is 24.7 Å². The Morgan fingerprint density at radius 3 is 2.60 bits per heavy atom. The molecule has 1 aliphatic carbocycles. The number of carboxylic acids is 1. The third-order valence-electron chi connectivity index (χ3n) is 5.72. The molecule has 3 aromatic heterocycles. The van der Waals surface area contributed by atoms with Crippen LogP contribution in [0.15, 0.2) is 47.0 Å². The van der Waals surface area contributed by atoms with Gasteiger partial charge in [-0.25, -0.2) is 4.79 Å². The summed E-state index contributed by atoms with van der Waals surface area (Å²) in [6, 6.07) is 14.9. The Hall–Kier alpha value is -4.12. The Morgan fingerprint density at radius 1 is 1.20 bits per heavy atom. The van der Waals surface area contributed by atoms with Gasteiger partial charge in [-0.15, -0.1) is 22.7 Å². The monoisotopic (exact) mass is 503 g/mol. The minimum atomic E-state index is -0.776. The van der Waals surface area contributed by atoms with Gasteiger partial charge in [-0.2, -0.15) is 5.26 Å². The quantitative estimate of drug-likeness (QED) is 0.337. The van der Waals surface area contributed by atoms with Crippen molar-refractivity contribution in [2.75, 3.05) is 5.32 Å². The lowest BCUT2D eigenvalue weighted by Crippen LogP contribution is -2.17. The number of rotatable bonds is 5. The highest BCUT2D eigenvalue weighted by atomic mass is 32.1. The zero-order valence-electron chi connectivity index (χ0n) is 18.3. The number of nitrogens with one attached hydrogen (secondary N) is 1. The third kappa shape index (κ3) is 4.37. The molecule has 1 fully saturated rings. The number of amides is 1. The summed E-state index contributed by atoms with van der Waals surface area (Å²) in [6.07, 6.45) is 0.0621. The average Bonchev–Trinajstić information content (AvgIpc) is 3.24. The Labute approximate surface area is 207 Å². The summed E-state index contributed by atoms with van der Waals surface area (Å²) in [6.45, 7) is 1.74. The third-order valence-corrected chi connectivity index (χ3v) is 8.13. The standard InChI is InChI=1S/C25H17N3O5S2/c1-14(15-5-3-2-4-6-15)32-24(31)27-22-17(13-26)28-33-18(22)8-7-16-11-19-20(34-16)12-21(35-19)25(9-10-25)23(29)30/h2-6,11-12,14H,9-10H2,1H3,(H,27,31)(H,29,30). The lowest BCUT2D eigenvalue weighted by atomic mass is 10.1. The predicted molar refractivity (Wildman–Crippen MR) is 130 cm³/mol. The molecule has 5 rings (SSSR count). The minimum Gasteiger partial charge on any atom is -0.481 e. The number of carboxylic acid groups (broad SMARTS) is 1. The van der Waals surface area contributed by atoms with Crippen LogP contribution < -0.4 is 5.32 Å². The number of benzene rings is 1. The van der Waals surface area contributed by atoms with E-state index in [9.17, 15) is 20.0 Å². The van der Waals surface area contributed by atoms with E-state index < -0.39 is 23.6 Å². The van der Waals surface area contributed by atoms with Crippen LogP contribution in [-0.2, 0) is 14.9 Å². The van der Waals surface area contributed by atoms with Crippen molar-refractivity contribution in [1.82, 2.24) is 5.16 Å². The van der Waals surface area contributed by atoms with E-state index >= 15 is 0 Å². The van der Waals surface area contributed by atoms with Crippen molar-refractivity contribution in [3.63, 3.8) is 0 Å². The van der Waals surface area contributed by atoms with Crippen LogP contribution in [0.5, 0.6) is 0 Å². The van der Waals surface area contributed by atoms with Gasteiger partial charge in [0, 0.05) is 14.3 Å². The van der Waals surface area contributed by atoms with Gasteiger partial charge in [0.1, 0.15) is 23.3 Å². The molecule has 2 N–H and O–H groups in total. The molecule has 1 atom stereocenters. The van der Waals surface area contributed by atoms with Gasteiger partial charge in [0.25, 0.3) is 0 Å². The highest BCUT2D eigenvalue weighted by molar-refractivity contribution is 7.28. The lowest BCUT2D eigenvalue weighted by molar-refractivity contribution is -0.139. The fourth-order valence-electron chi connectivity index (χ4n) is 3.59. The maximum atomic E-state index is 12.4. The summed E-state index contributed by atoms with van der Waals surface area (Å²) in [5.74, 6) is 5.05. The zero-order chi connectivity index (χ0) is 24.6. The molecule has 10 heteroatoms. The van der Waals surface area contributed by atoms with E-state index in [1.807, 2.05) is 48.5 Å². The molecule has 0 spiro atoms. The Morgan fingerprint density at radius 2 is 1.94 bits per heavy atom. The second-order valence-corrected chi connectivity index (χ2v) is 10.2. The molecule has 0 aliphatic heterocycles. The van der Waals surface area contributed by atoms with Crippen LogP contribution in [0.3, 0.4) is 0 Å². The number of hydrogen-bond donors (Lipinski definition) is 2. The number of nitrogens with zero attached hydrogens (tertiary/aromatic N) is 2. The van der Waals surface area contributed by atoms with Crippen LogP contribution >= 0.6 is 22.7 Å². The largest absolute Gasteiger partial charge is 0.481 e. The van der Waals surface area contributed by atoms with Crippen LogP contribution in [0.1, 0.15) is 52.6 Å². The van der Waals surface area contributed by atoms with E-state index in [4.69, 9.17) is 9.26 Å². The first-order valence-corrected chi connectivity index (χ1v) is 12.2. The number of ether oxygens (including phenoxy) is 1. The van der Waals surface area contributed by atoms with E-state index in [-0.39, 0.29) is 17.1 Å². The summed E-state index contributed by atoms with van der Waals surface area (Å²) in [5.41, 5.74) is 0.0304. The summed E-state index contributed by atoms with van der Waals surface area (Å²) in [5, 5.41) is 25.0. The lowest BCUT2D eigenvalue weighted by Gasteiger charge is -2.13. The molecule has 8 nitrogen and oxygen atoms in total. The van der Waals surface area contributed by atoms with Gasteiger partial charge < -0.3 is 14.4 Å². The average molecular weight is 504 g/mol. The van der Waals surface area contributed by atoms with Crippen molar-refractivity contribution in [3.8, 4) is 17.9 Å². The first-order valence-electron chi connectivity index (χ1n) is 10.6. The predicted octanol–water partition coefficient (Wildman–Crippen LogP) is 5.65. The van der Waals surface area contributed by atoms with Crippen molar-refractivity contribution in [2.24, 2.45) is 0 Å². The number of thiophene rings is 2. The molecule has 1 saturated carbocycles. The molecule has 1 aromatic carbocycles. The normalized spacial score (nSPS) is 14.4. The fraction of sp³-hybridized carbons (Fsp3) is 0.200. The van der Waals surface area contributed by atoms with Gasteiger partial charge in [-0.3, -0.25) is 10.1 Å². The van der Waals surface area contributed by atoms with Gasteiger partial charge in [0.15, 0.2) is 0 Å². The van der Waals surface area contributed by atoms with Crippen LogP contribution in [-0.4, -0.2) is 22.3 Å². The van der Waals surface area contributed by atoms with E-state index in [0.29, 0.717) is 12.8 Å². The molecule has 1 aliphatic rings. The number of hydrogen-bond acceptors (Lipinski definition) is 8. The van der Waals surface area contributed by atoms with Crippen molar-refractivity contribution in [1.29, 1.82) is 5.26 Å². The van der Waals surface area contributed by atoms with E-state index in [1.54, 1.807) is 6.92 Å². The van der Waals surface area contributed by atoms with Crippen molar-refractivity contribution >= 4 is 49.8 Å². The number of aliphatic carboxylic acids is 1. The van der Waals surface area contributed by atoms with Gasteiger partial charge in [0.2, 0.25) is 11.5 Å². The van der Waals surface area contributed by atoms with Crippen LogP contribution in [0.4, 0.5) is 10.5 Å². The number of aromatic nitrogens is 1. The van der Waals surface area contributed by atoms with Gasteiger partial charge >= 0.3 is 12.1 Å². The van der Waals surface area contributed by atoms with E-state index in [2.05, 4.69) is 22.3 Å². The number of anilines is 1. The molecule has 0 radical (unpaired) electrons. The first-order chi connectivity index (χ1) is 16.9. The van der Waals surface area contributed by atoms with E-state index in [1.165, 1.54) is 22.7 Å². The second-order valence-electron chi connectivity index (χ2n) is 8.02. The molecule has 0 saturated heterocycles. The van der Waals surface area contributed by atoms with Gasteiger partial charge in [0.05, 0.1) is 4.88 Å². The van der Waals surface area contributed by atoms with Gasteiger partial charge in [-0.1, -0.05) is 35.5 Å². The number of carbonyl (C=O) groups is 2. The zero-order valence-corrected chi connectivity index (χ0v) is 20.0. The molecular weight excluding hydrogens is 486 g/mol. The minimum absolute atomic E-state index is 0.0334. The Balaban J connectivity index is 1.33. The van der Waals surface area contributed by atoms with Crippen molar-refractivity contribution in [2.45, 2.75) is 31.3 Å². The molecule has 35 heavy (non-hydrogen) atoms. The van der Waals surface area contributed by atoms with Crippen LogP contribution in [0.25, 0.3) is 9.40 Å². The molecule has 174 valence electrons. The summed E-state index contributed by atoms with van der Waals surface area (Å²) in [4.78, 5) is 25.6. The number of nitriles is 1. The fourth-order valence-corrected chi connectivity index (χ4v) is 6.08. The molecule has 1 amide bonds. The summed E-state index contributed by atoms with van der Waals surface area (Å²) >= 11 is 2.91. The maximum absolute atomic E-state index is 12.4. The number of carbonyl (C=O) groups excluding carboxylic acids is 1. The summed E-state index contributed by atoms with van der Waals surface area (Å²) < 4.78 is 12.5. The molecule has 3 heterocycles. The second kappa shape index (κ2) is 8.91. The number of fused-ring (bicyclic) bond motifs is 1.